The van der Waals surface area contributed by atoms with Gasteiger partial charge in [-0.3, -0.25) is 0 Å². The van der Waals surface area contributed by atoms with Gasteiger partial charge in [-0.15, -0.1) is 0 Å². The topological polar surface area (TPSA) is 0 Å². The van der Waals surface area contributed by atoms with Crippen molar-refractivity contribution in [2.75, 3.05) is 0 Å². The first-order valence-electron chi connectivity index (χ1n) is 6.19. The Bertz CT molecular complexity index is 504. The summed E-state index contributed by atoms with van der Waals surface area (Å²) < 4.78 is 1.33. The van der Waals surface area contributed by atoms with Crippen LogP contribution in [0.1, 0.15) is 45.2 Å². The lowest BCUT2D eigenvalue weighted by molar-refractivity contribution is 0.653. The van der Waals surface area contributed by atoms with Crippen molar-refractivity contribution in [2.24, 2.45) is 0 Å². The number of allylic oxidation sites excluding steroid dienone is 4. The number of benzene rings is 1. The second-order valence-electron chi connectivity index (χ2n) is 5.06. The fourth-order valence-electron chi connectivity index (χ4n) is 2.82. The van der Waals surface area contributed by atoms with Crippen molar-refractivity contribution in [3.8, 4) is 0 Å². The molecule has 0 amide bonds. The van der Waals surface area contributed by atoms with Crippen LogP contribution < -0.4 is 0 Å². The summed E-state index contributed by atoms with van der Waals surface area (Å²) in [4.78, 5) is 0. The first-order chi connectivity index (χ1) is 8.02. The Kier molecular flexibility index (Phi) is 3.48. The summed E-state index contributed by atoms with van der Waals surface area (Å²) in [6, 6.07) is 6.83. The van der Waals surface area contributed by atoms with Crippen molar-refractivity contribution in [1.29, 1.82) is 0 Å². The maximum absolute atomic E-state index is 2.40. The van der Waals surface area contributed by atoms with Gasteiger partial charge in [0.1, 0.15) is 0 Å². The summed E-state index contributed by atoms with van der Waals surface area (Å²) in [6.07, 6.45) is 5.55. The fraction of sp³-hybridized carbons (Fsp3) is 0.375. The van der Waals surface area contributed by atoms with E-state index in [0.717, 1.165) is 6.42 Å². The van der Waals surface area contributed by atoms with Crippen molar-refractivity contribution in [3.05, 3.63) is 50.6 Å². The largest absolute Gasteiger partial charge is 0.0873 e. The van der Waals surface area contributed by atoms with Crippen LogP contribution in [0, 0.1) is 3.57 Å². The average molecular weight is 338 g/mol. The second-order valence-corrected chi connectivity index (χ2v) is 6.31. The predicted octanol–water partition coefficient (Wildman–Crippen LogP) is 5.32. The van der Waals surface area contributed by atoms with Crippen LogP contribution in [0.15, 0.2) is 35.9 Å². The minimum Gasteiger partial charge on any atom is -0.0873 e. The van der Waals surface area contributed by atoms with Gasteiger partial charge in [-0.05, 0) is 70.3 Å². The Hall–Kier alpha value is -0.570. The zero-order valence-corrected chi connectivity index (χ0v) is 13.1. The van der Waals surface area contributed by atoms with E-state index < -0.39 is 0 Å². The smallest absolute Gasteiger partial charge is 0.0155 e. The van der Waals surface area contributed by atoms with Crippen molar-refractivity contribution in [2.45, 2.75) is 39.5 Å². The zero-order valence-electron chi connectivity index (χ0n) is 11.0. The van der Waals surface area contributed by atoms with Gasteiger partial charge in [-0.2, -0.15) is 0 Å². The molecule has 0 nitrogen and oxygen atoms in total. The maximum Gasteiger partial charge on any atom is 0.0155 e. The number of hydrogen-bond donors (Lipinski definition) is 0. The molecular weight excluding hydrogens is 319 g/mol. The summed E-state index contributed by atoms with van der Waals surface area (Å²) in [7, 11) is 0. The first-order valence-corrected chi connectivity index (χ1v) is 7.27. The SMILES string of the molecule is C/C=C/C1=C(CC)c2ccc(I)cc2C1(C)C. The van der Waals surface area contributed by atoms with E-state index in [1.807, 2.05) is 0 Å². The van der Waals surface area contributed by atoms with E-state index >= 15 is 0 Å². The Morgan fingerprint density at radius 2 is 2.00 bits per heavy atom. The van der Waals surface area contributed by atoms with Crippen LogP contribution >= 0.6 is 22.6 Å². The molecule has 0 unspecified atom stereocenters. The lowest BCUT2D eigenvalue weighted by atomic mass is 9.81. The molecule has 0 spiro atoms. The summed E-state index contributed by atoms with van der Waals surface area (Å²) in [5, 5.41) is 0. The Balaban J connectivity index is 2.70. The Morgan fingerprint density at radius 1 is 1.29 bits per heavy atom. The molecule has 0 heterocycles. The molecule has 0 saturated carbocycles. The molecule has 1 aromatic carbocycles. The second kappa shape index (κ2) is 4.60. The molecule has 1 aliphatic carbocycles. The van der Waals surface area contributed by atoms with Gasteiger partial charge < -0.3 is 0 Å². The van der Waals surface area contributed by atoms with E-state index in [9.17, 15) is 0 Å². The molecule has 0 radical (unpaired) electrons. The third kappa shape index (κ3) is 1.99. The van der Waals surface area contributed by atoms with Gasteiger partial charge in [0, 0.05) is 8.99 Å². The van der Waals surface area contributed by atoms with E-state index in [-0.39, 0.29) is 5.41 Å². The van der Waals surface area contributed by atoms with Crippen LogP contribution in [0.5, 0.6) is 0 Å². The third-order valence-electron chi connectivity index (χ3n) is 3.67. The van der Waals surface area contributed by atoms with Gasteiger partial charge in [0.15, 0.2) is 0 Å². The average Bonchev–Trinajstić information content (AvgIpc) is 2.49. The minimum atomic E-state index is 0.147. The predicted molar refractivity (Wildman–Crippen MR) is 84.2 cm³/mol. The molecule has 2 rings (SSSR count). The van der Waals surface area contributed by atoms with Crippen molar-refractivity contribution < 1.29 is 0 Å². The van der Waals surface area contributed by atoms with Crippen LogP contribution in [0.4, 0.5) is 0 Å². The summed E-state index contributed by atoms with van der Waals surface area (Å²) >= 11 is 2.40. The number of rotatable bonds is 2. The van der Waals surface area contributed by atoms with E-state index in [2.05, 4.69) is 80.6 Å². The van der Waals surface area contributed by atoms with E-state index in [1.165, 1.54) is 25.8 Å². The first kappa shape index (κ1) is 12.9. The molecule has 1 aromatic rings. The van der Waals surface area contributed by atoms with Crippen molar-refractivity contribution in [3.63, 3.8) is 0 Å². The molecular formula is C16H19I. The van der Waals surface area contributed by atoms with Gasteiger partial charge in [-0.1, -0.05) is 39.0 Å². The quantitative estimate of drug-likeness (QED) is 0.640. The van der Waals surface area contributed by atoms with E-state index in [1.54, 1.807) is 0 Å². The lowest BCUT2D eigenvalue weighted by Crippen LogP contribution is -2.16. The fourth-order valence-corrected chi connectivity index (χ4v) is 3.31. The normalized spacial score (nSPS) is 17.9. The summed E-state index contributed by atoms with van der Waals surface area (Å²) in [5.41, 5.74) is 6.08. The Morgan fingerprint density at radius 3 is 2.59 bits per heavy atom. The number of hydrogen-bond acceptors (Lipinski definition) is 0. The minimum absolute atomic E-state index is 0.147. The van der Waals surface area contributed by atoms with Crippen LogP contribution in [-0.4, -0.2) is 0 Å². The highest BCUT2D eigenvalue weighted by molar-refractivity contribution is 14.1. The number of halogens is 1. The van der Waals surface area contributed by atoms with E-state index in [4.69, 9.17) is 0 Å². The molecule has 0 aliphatic heterocycles. The monoisotopic (exact) mass is 338 g/mol. The molecule has 0 fully saturated rings. The van der Waals surface area contributed by atoms with Gasteiger partial charge in [0.05, 0.1) is 0 Å². The van der Waals surface area contributed by atoms with E-state index in [0.29, 0.717) is 0 Å². The van der Waals surface area contributed by atoms with Gasteiger partial charge in [0.2, 0.25) is 0 Å². The Labute approximate surface area is 118 Å². The molecule has 0 atom stereocenters. The summed E-state index contributed by atoms with van der Waals surface area (Å²) in [6.45, 7) is 9.02. The molecule has 1 aliphatic rings. The highest BCUT2D eigenvalue weighted by Crippen LogP contribution is 2.48. The van der Waals surface area contributed by atoms with Crippen molar-refractivity contribution in [1.82, 2.24) is 0 Å². The molecule has 0 N–H and O–H groups in total. The van der Waals surface area contributed by atoms with Crippen LogP contribution in [0.25, 0.3) is 5.57 Å². The molecule has 90 valence electrons. The lowest BCUT2D eigenvalue weighted by Gasteiger charge is -2.23. The van der Waals surface area contributed by atoms with Gasteiger partial charge in [-0.25, -0.2) is 0 Å². The highest BCUT2D eigenvalue weighted by Gasteiger charge is 2.35. The molecule has 1 heteroatoms. The van der Waals surface area contributed by atoms with Gasteiger partial charge in [0.25, 0.3) is 0 Å². The molecule has 0 saturated heterocycles. The van der Waals surface area contributed by atoms with Crippen LogP contribution in [-0.2, 0) is 5.41 Å². The van der Waals surface area contributed by atoms with Gasteiger partial charge >= 0.3 is 0 Å². The highest BCUT2D eigenvalue weighted by atomic mass is 127. The molecule has 17 heavy (non-hydrogen) atoms. The molecule has 0 aromatic heterocycles. The van der Waals surface area contributed by atoms with Crippen LogP contribution in [0.2, 0.25) is 0 Å². The third-order valence-corrected chi connectivity index (χ3v) is 4.34. The van der Waals surface area contributed by atoms with Crippen LogP contribution in [0.3, 0.4) is 0 Å². The van der Waals surface area contributed by atoms with Crippen molar-refractivity contribution >= 4 is 28.2 Å². The standard InChI is InChI=1S/C16H19I/c1-5-7-14-12(6-2)13-9-8-11(17)10-15(13)16(14,3)4/h5,7-10H,6H2,1-4H3/b7-5+. The zero-order chi connectivity index (χ0) is 12.6. The maximum atomic E-state index is 2.40. The molecule has 0 bridgehead atoms. The summed E-state index contributed by atoms with van der Waals surface area (Å²) in [5.74, 6) is 0. The number of fused-ring (bicyclic) bond motifs is 1.